The van der Waals surface area contributed by atoms with Crippen molar-refractivity contribution in [2.24, 2.45) is 0 Å². The van der Waals surface area contributed by atoms with E-state index < -0.39 is 11.9 Å². The summed E-state index contributed by atoms with van der Waals surface area (Å²) >= 11 is 0. The number of aliphatic hydroxyl groups excluding tert-OH is 1. The highest BCUT2D eigenvalue weighted by atomic mass is 16.4. The van der Waals surface area contributed by atoms with Crippen LogP contribution in [0.3, 0.4) is 0 Å². The van der Waals surface area contributed by atoms with Gasteiger partial charge >= 0.3 is 5.97 Å². The summed E-state index contributed by atoms with van der Waals surface area (Å²) in [4.78, 5) is 23.1. The van der Waals surface area contributed by atoms with Crippen molar-refractivity contribution in [1.82, 2.24) is 0 Å². The molecule has 0 saturated heterocycles. The van der Waals surface area contributed by atoms with Crippen molar-refractivity contribution >= 4 is 17.6 Å². The van der Waals surface area contributed by atoms with Gasteiger partial charge in [-0.1, -0.05) is 24.3 Å². The lowest BCUT2D eigenvalue weighted by Gasteiger charge is -2.08. The maximum absolute atomic E-state index is 12.0. The summed E-state index contributed by atoms with van der Waals surface area (Å²) < 4.78 is 0. The first-order chi connectivity index (χ1) is 9.61. The van der Waals surface area contributed by atoms with Gasteiger partial charge < -0.3 is 15.5 Å². The number of para-hydroxylation sites is 1. The second kappa shape index (κ2) is 5.99. The van der Waals surface area contributed by atoms with Crippen LogP contribution < -0.4 is 5.32 Å². The number of benzene rings is 2. The average molecular weight is 271 g/mol. The molecule has 2 aromatic carbocycles. The maximum atomic E-state index is 12.0. The lowest BCUT2D eigenvalue weighted by Crippen LogP contribution is -2.14. The fourth-order valence-corrected chi connectivity index (χ4v) is 1.73. The van der Waals surface area contributed by atoms with Crippen molar-refractivity contribution in [3.8, 4) is 0 Å². The molecule has 3 N–H and O–H groups in total. The number of rotatable bonds is 4. The maximum Gasteiger partial charge on any atom is 0.337 e. The van der Waals surface area contributed by atoms with Crippen LogP contribution in [0, 0.1) is 0 Å². The van der Waals surface area contributed by atoms with E-state index in [-0.39, 0.29) is 17.9 Å². The number of hydrogen-bond donors (Lipinski definition) is 3. The molecule has 0 aliphatic carbocycles. The number of hydrogen-bond acceptors (Lipinski definition) is 3. The molecule has 0 atom stereocenters. The van der Waals surface area contributed by atoms with Crippen LogP contribution in [0.5, 0.6) is 0 Å². The van der Waals surface area contributed by atoms with E-state index in [0.29, 0.717) is 11.1 Å². The molecule has 0 radical (unpaired) electrons. The first kappa shape index (κ1) is 13.8. The van der Waals surface area contributed by atoms with Gasteiger partial charge in [0.1, 0.15) is 0 Å². The molecular weight excluding hydrogens is 258 g/mol. The standard InChI is InChI=1S/C15H13NO4/c17-9-10-5-7-11(8-6-10)14(18)16-13-4-2-1-3-12(13)15(19)20/h1-8,17H,9H2,(H,16,18)(H,19,20). The van der Waals surface area contributed by atoms with Crippen LogP contribution in [0.2, 0.25) is 0 Å². The van der Waals surface area contributed by atoms with E-state index in [1.807, 2.05) is 0 Å². The van der Waals surface area contributed by atoms with Crippen LogP contribution in [0.4, 0.5) is 5.69 Å². The second-order valence-electron chi connectivity index (χ2n) is 4.16. The third-order valence-electron chi connectivity index (χ3n) is 2.80. The Morgan fingerprint density at radius 3 is 2.25 bits per heavy atom. The number of amides is 1. The zero-order valence-electron chi connectivity index (χ0n) is 10.5. The number of aromatic carboxylic acids is 1. The number of carboxylic acids is 1. The third kappa shape index (κ3) is 3.02. The number of carboxylic acid groups (broad SMARTS) is 1. The predicted molar refractivity (Wildman–Crippen MR) is 73.7 cm³/mol. The molecule has 5 nitrogen and oxygen atoms in total. The summed E-state index contributed by atoms with van der Waals surface area (Å²) in [6.45, 7) is -0.0935. The minimum absolute atomic E-state index is 0.0350. The zero-order valence-corrected chi connectivity index (χ0v) is 10.5. The third-order valence-corrected chi connectivity index (χ3v) is 2.80. The monoisotopic (exact) mass is 271 g/mol. The van der Waals surface area contributed by atoms with E-state index in [0.717, 1.165) is 0 Å². The molecule has 0 bridgehead atoms. The van der Waals surface area contributed by atoms with E-state index in [1.165, 1.54) is 12.1 Å². The van der Waals surface area contributed by atoms with Crippen molar-refractivity contribution in [2.75, 3.05) is 5.32 Å². The van der Waals surface area contributed by atoms with Gasteiger partial charge in [-0.3, -0.25) is 4.79 Å². The van der Waals surface area contributed by atoms with Gasteiger partial charge in [-0.15, -0.1) is 0 Å². The number of carbonyl (C=O) groups is 2. The molecule has 1 amide bonds. The minimum atomic E-state index is -1.10. The normalized spacial score (nSPS) is 10.1. The summed E-state index contributed by atoms with van der Waals surface area (Å²) in [6.07, 6.45) is 0. The molecule has 102 valence electrons. The zero-order chi connectivity index (χ0) is 14.5. The lowest BCUT2D eigenvalue weighted by molar-refractivity contribution is 0.0698. The van der Waals surface area contributed by atoms with Crippen LogP contribution >= 0.6 is 0 Å². The molecule has 0 unspecified atom stereocenters. The second-order valence-corrected chi connectivity index (χ2v) is 4.16. The molecule has 20 heavy (non-hydrogen) atoms. The number of carbonyl (C=O) groups excluding carboxylic acids is 1. The Morgan fingerprint density at radius 2 is 1.65 bits per heavy atom. The van der Waals surface area contributed by atoms with Gasteiger partial charge in [0.2, 0.25) is 0 Å². The summed E-state index contributed by atoms with van der Waals surface area (Å²) in [5.74, 6) is -1.50. The van der Waals surface area contributed by atoms with E-state index in [4.69, 9.17) is 10.2 Å². The molecule has 0 aliphatic heterocycles. The van der Waals surface area contributed by atoms with Crippen LogP contribution in [0.1, 0.15) is 26.3 Å². The predicted octanol–water partition coefficient (Wildman–Crippen LogP) is 2.13. The molecule has 0 aromatic heterocycles. The topological polar surface area (TPSA) is 86.6 Å². The Bertz CT molecular complexity index is 635. The highest BCUT2D eigenvalue weighted by molar-refractivity contribution is 6.07. The highest BCUT2D eigenvalue weighted by Gasteiger charge is 2.12. The fourth-order valence-electron chi connectivity index (χ4n) is 1.73. The van der Waals surface area contributed by atoms with Gasteiger partial charge in [0.15, 0.2) is 0 Å². The molecule has 0 aliphatic rings. The molecule has 2 aromatic rings. The van der Waals surface area contributed by atoms with E-state index in [2.05, 4.69) is 5.32 Å². The van der Waals surface area contributed by atoms with Crippen molar-refractivity contribution in [1.29, 1.82) is 0 Å². The summed E-state index contributed by atoms with van der Waals surface area (Å²) in [5, 5.41) is 20.5. The van der Waals surface area contributed by atoms with E-state index in [1.54, 1.807) is 36.4 Å². The van der Waals surface area contributed by atoms with Crippen LogP contribution in [0.25, 0.3) is 0 Å². The molecular formula is C15H13NO4. The Hall–Kier alpha value is -2.66. The van der Waals surface area contributed by atoms with Gasteiger partial charge in [0.05, 0.1) is 17.9 Å². The van der Waals surface area contributed by atoms with Crippen molar-refractivity contribution < 1.29 is 19.8 Å². The van der Waals surface area contributed by atoms with Crippen molar-refractivity contribution in [2.45, 2.75) is 6.61 Å². The molecule has 5 heteroatoms. The Kier molecular flexibility index (Phi) is 4.12. The molecule has 0 saturated carbocycles. The Morgan fingerprint density at radius 1 is 1.00 bits per heavy atom. The van der Waals surface area contributed by atoms with Crippen molar-refractivity contribution in [3.63, 3.8) is 0 Å². The van der Waals surface area contributed by atoms with Crippen LogP contribution in [-0.4, -0.2) is 22.1 Å². The number of aliphatic hydroxyl groups is 1. The summed E-state index contributed by atoms with van der Waals surface area (Å²) in [5.41, 5.74) is 1.37. The fraction of sp³-hybridized carbons (Fsp3) is 0.0667. The van der Waals surface area contributed by atoms with Gasteiger partial charge in [0.25, 0.3) is 5.91 Å². The molecule has 0 heterocycles. The van der Waals surface area contributed by atoms with E-state index in [9.17, 15) is 9.59 Å². The van der Waals surface area contributed by atoms with Gasteiger partial charge in [0, 0.05) is 5.56 Å². The number of nitrogens with one attached hydrogen (secondary N) is 1. The van der Waals surface area contributed by atoms with Gasteiger partial charge in [-0.25, -0.2) is 4.79 Å². The summed E-state index contributed by atoms with van der Waals surface area (Å²) in [6, 6.07) is 12.6. The summed E-state index contributed by atoms with van der Waals surface area (Å²) in [7, 11) is 0. The quantitative estimate of drug-likeness (QED) is 0.795. The first-order valence-corrected chi connectivity index (χ1v) is 5.95. The van der Waals surface area contributed by atoms with Gasteiger partial charge in [-0.05, 0) is 29.8 Å². The molecule has 0 spiro atoms. The van der Waals surface area contributed by atoms with E-state index >= 15 is 0 Å². The van der Waals surface area contributed by atoms with Crippen molar-refractivity contribution in [3.05, 3.63) is 65.2 Å². The SMILES string of the molecule is O=C(Nc1ccccc1C(=O)O)c1ccc(CO)cc1. The highest BCUT2D eigenvalue weighted by Crippen LogP contribution is 2.16. The van der Waals surface area contributed by atoms with Crippen LogP contribution in [-0.2, 0) is 6.61 Å². The first-order valence-electron chi connectivity index (χ1n) is 5.95. The van der Waals surface area contributed by atoms with Gasteiger partial charge in [-0.2, -0.15) is 0 Å². The van der Waals surface area contributed by atoms with Crippen LogP contribution in [0.15, 0.2) is 48.5 Å². The Balaban J connectivity index is 2.21. The molecule has 0 fully saturated rings. The lowest BCUT2D eigenvalue weighted by atomic mass is 10.1. The number of anilines is 1. The molecule has 2 rings (SSSR count). The minimum Gasteiger partial charge on any atom is -0.478 e. The smallest absolute Gasteiger partial charge is 0.337 e. The average Bonchev–Trinajstić information content (AvgIpc) is 2.47. The Labute approximate surface area is 115 Å². The largest absolute Gasteiger partial charge is 0.478 e.